The van der Waals surface area contributed by atoms with Crippen molar-refractivity contribution in [1.29, 1.82) is 0 Å². The van der Waals surface area contributed by atoms with E-state index in [0.717, 1.165) is 5.56 Å². The van der Waals surface area contributed by atoms with E-state index in [9.17, 15) is 14.0 Å². The maximum absolute atomic E-state index is 13.3. The highest BCUT2D eigenvalue weighted by molar-refractivity contribution is 6.30. The van der Waals surface area contributed by atoms with Crippen molar-refractivity contribution in [3.05, 3.63) is 64.9 Å². The molecule has 0 aliphatic rings. The van der Waals surface area contributed by atoms with Gasteiger partial charge >= 0.3 is 5.97 Å². The largest absolute Gasteiger partial charge is 0.479 e. The number of esters is 1. The van der Waals surface area contributed by atoms with Gasteiger partial charge in [0, 0.05) is 5.02 Å². The van der Waals surface area contributed by atoms with Crippen molar-refractivity contribution in [3.8, 4) is 5.75 Å². The molecule has 0 radical (unpaired) electrons. The number of hydrogen-bond donors (Lipinski definition) is 1. The van der Waals surface area contributed by atoms with Crippen LogP contribution >= 0.6 is 11.6 Å². The van der Waals surface area contributed by atoms with Gasteiger partial charge in [-0.1, -0.05) is 35.9 Å². The van der Waals surface area contributed by atoms with Gasteiger partial charge in [-0.3, -0.25) is 4.79 Å². The quantitative estimate of drug-likeness (QED) is 0.765. The first-order chi connectivity index (χ1) is 12.0. The van der Waals surface area contributed by atoms with Crippen LogP contribution in [0, 0.1) is 5.82 Å². The van der Waals surface area contributed by atoms with Gasteiger partial charge in [-0.05, 0) is 36.8 Å². The fourth-order valence-corrected chi connectivity index (χ4v) is 2.13. The van der Waals surface area contributed by atoms with Crippen LogP contribution in [0.1, 0.15) is 18.5 Å². The van der Waals surface area contributed by atoms with Gasteiger partial charge in [0.1, 0.15) is 0 Å². The Morgan fingerprint density at radius 2 is 1.80 bits per heavy atom. The second-order valence-electron chi connectivity index (χ2n) is 5.22. The summed E-state index contributed by atoms with van der Waals surface area (Å²) >= 11 is 5.81. The van der Waals surface area contributed by atoms with E-state index in [1.54, 1.807) is 37.3 Å². The van der Waals surface area contributed by atoms with Gasteiger partial charge in [0.25, 0.3) is 5.91 Å². The number of carbonyl (C=O) groups excluding carboxylic acids is 2. The van der Waals surface area contributed by atoms with Crippen LogP contribution in [0.15, 0.2) is 48.5 Å². The Bertz CT molecular complexity index is 736. The molecule has 0 fully saturated rings. The van der Waals surface area contributed by atoms with Crippen molar-refractivity contribution < 1.29 is 23.5 Å². The van der Waals surface area contributed by atoms with E-state index in [0.29, 0.717) is 5.02 Å². The predicted molar refractivity (Wildman–Crippen MR) is 90.9 cm³/mol. The van der Waals surface area contributed by atoms with E-state index in [2.05, 4.69) is 5.32 Å². The molecule has 1 N–H and O–H groups in total. The summed E-state index contributed by atoms with van der Waals surface area (Å²) in [7, 11) is 0. The fraction of sp³-hybridized carbons (Fsp3) is 0.222. The Morgan fingerprint density at radius 3 is 2.48 bits per heavy atom. The number of hydrogen-bond acceptors (Lipinski definition) is 4. The van der Waals surface area contributed by atoms with Crippen LogP contribution < -0.4 is 10.1 Å². The van der Waals surface area contributed by atoms with Crippen LogP contribution in [0.2, 0.25) is 5.02 Å². The number of halogens is 2. The Balaban J connectivity index is 1.73. The van der Waals surface area contributed by atoms with Crippen molar-refractivity contribution >= 4 is 23.5 Å². The van der Waals surface area contributed by atoms with Crippen molar-refractivity contribution in [2.45, 2.75) is 13.0 Å². The Morgan fingerprint density at radius 1 is 1.12 bits per heavy atom. The average molecular weight is 366 g/mol. The molecule has 0 heterocycles. The van der Waals surface area contributed by atoms with Gasteiger partial charge in [0.05, 0.1) is 6.04 Å². The molecular weight excluding hydrogens is 349 g/mol. The molecule has 2 aromatic rings. The van der Waals surface area contributed by atoms with Crippen LogP contribution in [0.25, 0.3) is 0 Å². The maximum Gasteiger partial charge on any atom is 0.344 e. The van der Waals surface area contributed by atoms with Crippen LogP contribution in [0.3, 0.4) is 0 Å². The molecule has 1 amide bonds. The smallest absolute Gasteiger partial charge is 0.344 e. The summed E-state index contributed by atoms with van der Waals surface area (Å²) in [5, 5.41) is 3.30. The molecule has 0 bridgehead atoms. The molecule has 2 rings (SSSR count). The second kappa shape index (κ2) is 9.03. The minimum Gasteiger partial charge on any atom is -0.479 e. The van der Waals surface area contributed by atoms with Crippen LogP contribution in [0.4, 0.5) is 4.39 Å². The predicted octanol–water partition coefficient (Wildman–Crippen LogP) is 3.28. The minimum absolute atomic E-state index is 0.0553. The van der Waals surface area contributed by atoms with Gasteiger partial charge < -0.3 is 14.8 Å². The highest BCUT2D eigenvalue weighted by Gasteiger charge is 2.13. The highest BCUT2D eigenvalue weighted by atomic mass is 35.5. The molecule has 0 saturated heterocycles. The molecule has 2 aromatic carbocycles. The van der Waals surface area contributed by atoms with E-state index in [1.807, 2.05) is 0 Å². The number of nitrogens with one attached hydrogen (secondary N) is 1. The number of benzene rings is 2. The third-order valence-corrected chi connectivity index (χ3v) is 3.55. The zero-order valence-corrected chi connectivity index (χ0v) is 14.3. The monoisotopic (exact) mass is 365 g/mol. The van der Waals surface area contributed by atoms with Gasteiger partial charge in [-0.15, -0.1) is 0 Å². The first kappa shape index (κ1) is 18.7. The number of para-hydroxylation sites is 1. The zero-order chi connectivity index (χ0) is 18.2. The molecular formula is C18H17ClFNO4. The molecule has 0 unspecified atom stereocenters. The standard InChI is InChI=1S/C18H17ClFNO4/c1-12(13-6-8-14(19)9-7-13)21-17(22)10-25-18(23)11-24-16-5-3-2-4-15(16)20/h2-9,12H,10-11H2,1H3,(H,21,22)/t12-/m1/s1. The molecule has 0 aromatic heterocycles. The maximum atomic E-state index is 13.3. The lowest BCUT2D eigenvalue weighted by Crippen LogP contribution is -2.31. The van der Waals surface area contributed by atoms with Crippen LogP contribution in [-0.4, -0.2) is 25.1 Å². The van der Waals surface area contributed by atoms with Crippen molar-refractivity contribution in [2.24, 2.45) is 0 Å². The molecule has 1 atom stereocenters. The number of amides is 1. The van der Waals surface area contributed by atoms with Crippen LogP contribution in [-0.2, 0) is 14.3 Å². The molecule has 25 heavy (non-hydrogen) atoms. The third-order valence-electron chi connectivity index (χ3n) is 3.29. The molecule has 132 valence electrons. The summed E-state index contributed by atoms with van der Waals surface area (Å²) in [5.74, 6) is -1.86. The molecule has 0 aliphatic carbocycles. The van der Waals surface area contributed by atoms with Crippen LogP contribution in [0.5, 0.6) is 5.75 Å². The molecule has 7 heteroatoms. The third kappa shape index (κ3) is 6.08. The lowest BCUT2D eigenvalue weighted by atomic mass is 10.1. The summed E-state index contributed by atoms with van der Waals surface area (Å²) in [6, 6.07) is 12.5. The summed E-state index contributed by atoms with van der Waals surface area (Å²) in [6.07, 6.45) is 0. The summed E-state index contributed by atoms with van der Waals surface area (Å²) in [4.78, 5) is 23.4. The minimum atomic E-state index is -0.766. The number of ether oxygens (including phenoxy) is 2. The summed E-state index contributed by atoms with van der Waals surface area (Å²) < 4.78 is 23.1. The van der Waals surface area contributed by atoms with Gasteiger partial charge in [0.2, 0.25) is 0 Å². The lowest BCUT2D eigenvalue weighted by Gasteiger charge is -2.14. The molecule has 0 spiro atoms. The Kier molecular flexibility index (Phi) is 6.77. The number of carbonyl (C=O) groups is 2. The average Bonchev–Trinajstić information content (AvgIpc) is 2.59. The number of rotatable bonds is 7. The summed E-state index contributed by atoms with van der Waals surface area (Å²) in [6.45, 7) is 0.864. The summed E-state index contributed by atoms with van der Waals surface area (Å²) in [5.41, 5.74) is 0.868. The van der Waals surface area contributed by atoms with E-state index in [-0.39, 0.29) is 11.8 Å². The molecule has 0 aliphatic heterocycles. The van der Waals surface area contributed by atoms with E-state index in [1.165, 1.54) is 18.2 Å². The second-order valence-corrected chi connectivity index (χ2v) is 5.66. The van der Waals surface area contributed by atoms with E-state index in [4.69, 9.17) is 21.1 Å². The van der Waals surface area contributed by atoms with Crippen molar-refractivity contribution in [3.63, 3.8) is 0 Å². The topological polar surface area (TPSA) is 64.6 Å². The fourth-order valence-electron chi connectivity index (χ4n) is 2.00. The molecule has 5 nitrogen and oxygen atoms in total. The Hall–Kier alpha value is -2.60. The van der Waals surface area contributed by atoms with Gasteiger partial charge in [0.15, 0.2) is 24.8 Å². The molecule has 0 saturated carbocycles. The zero-order valence-electron chi connectivity index (χ0n) is 13.5. The first-order valence-electron chi connectivity index (χ1n) is 7.53. The normalized spacial score (nSPS) is 11.5. The van der Waals surface area contributed by atoms with Gasteiger partial charge in [-0.25, -0.2) is 9.18 Å². The van der Waals surface area contributed by atoms with Crippen molar-refractivity contribution in [2.75, 3.05) is 13.2 Å². The lowest BCUT2D eigenvalue weighted by molar-refractivity contribution is -0.150. The van der Waals surface area contributed by atoms with Gasteiger partial charge in [-0.2, -0.15) is 0 Å². The Labute approximate surface area is 149 Å². The van der Waals surface area contributed by atoms with E-state index >= 15 is 0 Å². The SMILES string of the molecule is C[C@@H](NC(=O)COC(=O)COc1ccccc1F)c1ccc(Cl)cc1. The van der Waals surface area contributed by atoms with E-state index < -0.39 is 30.9 Å². The highest BCUT2D eigenvalue weighted by Crippen LogP contribution is 2.16. The van der Waals surface area contributed by atoms with Crippen molar-refractivity contribution in [1.82, 2.24) is 5.32 Å². The first-order valence-corrected chi connectivity index (χ1v) is 7.91.